The van der Waals surface area contributed by atoms with E-state index in [1.807, 2.05) is 13.8 Å². The highest BCUT2D eigenvalue weighted by Gasteiger charge is 2.18. The van der Waals surface area contributed by atoms with Gasteiger partial charge in [-0.25, -0.2) is 9.97 Å². The number of rotatable bonds is 6. The van der Waals surface area contributed by atoms with Gasteiger partial charge in [0.15, 0.2) is 0 Å². The summed E-state index contributed by atoms with van der Waals surface area (Å²) in [6.07, 6.45) is 1.52. The quantitative estimate of drug-likeness (QED) is 0.795. The van der Waals surface area contributed by atoms with Gasteiger partial charge in [0.2, 0.25) is 0 Å². The first-order valence-electron chi connectivity index (χ1n) is 6.44. The molecule has 7 heteroatoms. The largest absolute Gasteiger partial charge is 0.383 e. The molecule has 0 atom stereocenters. The maximum Gasteiger partial charge on any atom is 0.261 e. The summed E-state index contributed by atoms with van der Waals surface area (Å²) in [7, 11) is 1.61. The zero-order valence-corrected chi connectivity index (χ0v) is 12.6. The average molecular weight is 294 g/mol. The Morgan fingerprint density at radius 3 is 2.95 bits per heavy atom. The van der Waals surface area contributed by atoms with Crippen molar-refractivity contribution in [2.45, 2.75) is 13.8 Å². The van der Waals surface area contributed by atoms with Gasteiger partial charge in [-0.2, -0.15) is 0 Å². The zero-order valence-electron chi connectivity index (χ0n) is 11.8. The van der Waals surface area contributed by atoms with Gasteiger partial charge in [0, 0.05) is 20.2 Å². The summed E-state index contributed by atoms with van der Waals surface area (Å²) in [6, 6.07) is 0. The summed E-state index contributed by atoms with van der Waals surface area (Å²) in [5.41, 5.74) is 0.913. The Hall–Kier alpha value is -1.73. The number of nitrogens with one attached hydrogen (secondary N) is 2. The molecule has 0 saturated heterocycles. The normalized spacial score (nSPS) is 10.8. The molecule has 2 aromatic rings. The fourth-order valence-electron chi connectivity index (χ4n) is 1.94. The molecule has 2 heterocycles. The van der Waals surface area contributed by atoms with Gasteiger partial charge in [-0.3, -0.25) is 4.79 Å². The van der Waals surface area contributed by atoms with E-state index in [1.165, 1.54) is 17.7 Å². The van der Waals surface area contributed by atoms with Crippen LogP contribution in [0.4, 0.5) is 5.82 Å². The van der Waals surface area contributed by atoms with Gasteiger partial charge >= 0.3 is 0 Å². The van der Waals surface area contributed by atoms with Crippen molar-refractivity contribution in [3.63, 3.8) is 0 Å². The number of hydrogen-bond donors (Lipinski definition) is 2. The van der Waals surface area contributed by atoms with Crippen LogP contribution in [0, 0.1) is 6.92 Å². The molecule has 0 radical (unpaired) electrons. The highest BCUT2D eigenvalue weighted by atomic mass is 32.1. The summed E-state index contributed by atoms with van der Waals surface area (Å²) in [4.78, 5) is 22.1. The molecule has 0 aliphatic heterocycles. The highest BCUT2D eigenvalue weighted by molar-refractivity contribution is 7.20. The van der Waals surface area contributed by atoms with Crippen LogP contribution >= 0.6 is 11.3 Å². The van der Waals surface area contributed by atoms with Crippen LogP contribution in [0.2, 0.25) is 0 Å². The molecule has 0 unspecified atom stereocenters. The number of aryl methyl sites for hydroxylation is 1. The van der Waals surface area contributed by atoms with Crippen molar-refractivity contribution >= 4 is 33.3 Å². The second-order valence-corrected chi connectivity index (χ2v) is 5.24. The monoisotopic (exact) mass is 294 g/mol. The predicted molar refractivity (Wildman–Crippen MR) is 80.5 cm³/mol. The molecule has 0 aromatic carbocycles. The summed E-state index contributed by atoms with van der Waals surface area (Å²) < 4.78 is 4.92. The van der Waals surface area contributed by atoms with Crippen LogP contribution in [-0.2, 0) is 4.74 Å². The number of nitrogens with zero attached hydrogens (tertiary/aromatic N) is 2. The highest BCUT2D eigenvalue weighted by Crippen LogP contribution is 2.32. The first-order chi connectivity index (χ1) is 9.69. The first-order valence-corrected chi connectivity index (χ1v) is 7.25. The van der Waals surface area contributed by atoms with Gasteiger partial charge < -0.3 is 15.4 Å². The van der Waals surface area contributed by atoms with Gasteiger partial charge in [-0.1, -0.05) is 0 Å². The van der Waals surface area contributed by atoms with E-state index in [0.29, 0.717) is 18.0 Å². The molecule has 0 bridgehead atoms. The molecule has 2 rings (SSSR count). The van der Waals surface area contributed by atoms with E-state index in [4.69, 9.17) is 4.74 Å². The van der Waals surface area contributed by atoms with E-state index in [0.717, 1.165) is 28.1 Å². The van der Waals surface area contributed by atoms with Crippen molar-refractivity contribution in [3.05, 3.63) is 16.8 Å². The standard InChI is InChI=1S/C13H18N4O2S/c1-4-14-11-9-8(2)10(12(18)15-5-6-19-3)20-13(9)17-7-16-11/h7H,4-6H2,1-3H3,(H,15,18)(H,14,16,17). The molecule has 0 aliphatic rings. The fourth-order valence-corrected chi connectivity index (χ4v) is 3.00. The number of fused-ring (bicyclic) bond motifs is 1. The van der Waals surface area contributed by atoms with Gasteiger partial charge in [0.25, 0.3) is 5.91 Å². The van der Waals surface area contributed by atoms with E-state index < -0.39 is 0 Å². The van der Waals surface area contributed by atoms with Crippen molar-refractivity contribution in [2.75, 3.05) is 32.1 Å². The van der Waals surface area contributed by atoms with Crippen LogP contribution in [0.1, 0.15) is 22.2 Å². The Labute approximate surface area is 121 Å². The van der Waals surface area contributed by atoms with Gasteiger partial charge in [-0.15, -0.1) is 11.3 Å². The summed E-state index contributed by atoms with van der Waals surface area (Å²) in [5, 5.41) is 6.96. The predicted octanol–water partition coefficient (Wildman–Crippen LogP) is 1.81. The Bertz CT molecular complexity index is 612. The minimum atomic E-state index is -0.0926. The van der Waals surface area contributed by atoms with E-state index in [9.17, 15) is 4.79 Å². The number of ether oxygens (including phenoxy) is 1. The van der Waals surface area contributed by atoms with Crippen molar-refractivity contribution in [1.82, 2.24) is 15.3 Å². The summed E-state index contributed by atoms with van der Waals surface area (Å²) in [6.45, 7) is 5.70. The Morgan fingerprint density at radius 1 is 1.45 bits per heavy atom. The Kier molecular flexibility index (Phi) is 4.86. The number of thiophene rings is 1. The van der Waals surface area contributed by atoms with Crippen LogP contribution in [-0.4, -0.2) is 42.7 Å². The zero-order chi connectivity index (χ0) is 14.5. The number of methoxy groups -OCH3 is 1. The number of anilines is 1. The lowest BCUT2D eigenvalue weighted by Gasteiger charge is -2.05. The number of amides is 1. The minimum Gasteiger partial charge on any atom is -0.383 e. The molecule has 0 saturated carbocycles. The maximum atomic E-state index is 12.2. The van der Waals surface area contributed by atoms with Gasteiger partial charge in [0.05, 0.1) is 16.9 Å². The molecular formula is C13H18N4O2S. The topological polar surface area (TPSA) is 76.1 Å². The lowest BCUT2D eigenvalue weighted by atomic mass is 10.2. The van der Waals surface area contributed by atoms with Crippen LogP contribution in [0.15, 0.2) is 6.33 Å². The van der Waals surface area contributed by atoms with Crippen molar-refractivity contribution in [1.29, 1.82) is 0 Å². The van der Waals surface area contributed by atoms with E-state index in [1.54, 1.807) is 7.11 Å². The molecule has 6 nitrogen and oxygen atoms in total. The lowest BCUT2D eigenvalue weighted by molar-refractivity contribution is 0.0940. The van der Waals surface area contributed by atoms with Crippen LogP contribution in [0.5, 0.6) is 0 Å². The smallest absolute Gasteiger partial charge is 0.261 e. The first kappa shape index (κ1) is 14.7. The van der Waals surface area contributed by atoms with E-state index >= 15 is 0 Å². The van der Waals surface area contributed by atoms with Gasteiger partial charge in [-0.05, 0) is 19.4 Å². The van der Waals surface area contributed by atoms with Gasteiger partial charge in [0.1, 0.15) is 17.0 Å². The van der Waals surface area contributed by atoms with Crippen molar-refractivity contribution in [2.24, 2.45) is 0 Å². The number of carbonyl (C=O) groups excluding carboxylic acids is 1. The van der Waals surface area contributed by atoms with E-state index in [2.05, 4.69) is 20.6 Å². The molecule has 20 heavy (non-hydrogen) atoms. The Balaban J connectivity index is 2.33. The summed E-state index contributed by atoms with van der Waals surface area (Å²) >= 11 is 1.39. The molecule has 2 aromatic heterocycles. The number of aromatic nitrogens is 2. The minimum absolute atomic E-state index is 0.0926. The van der Waals surface area contributed by atoms with Crippen LogP contribution < -0.4 is 10.6 Å². The molecular weight excluding hydrogens is 276 g/mol. The molecule has 0 fully saturated rings. The Morgan fingerprint density at radius 2 is 2.25 bits per heavy atom. The molecule has 108 valence electrons. The number of hydrogen-bond acceptors (Lipinski definition) is 6. The lowest BCUT2D eigenvalue weighted by Crippen LogP contribution is -2.26. The van der Waals surface area contributed by atoms with Crippen LogP contribution in [0.25, 0.3) is 10.2 Å². The van der Waals surface area contributed by atoms with Crippen molar-refractivity contribution < 1.29 is 9.53 Å². The average Bonchev–Trinajstić information content (AvgIpc) is 2.78. The molecule has 1 amide bonds. The van der Waals surface area contributed by atoms with E-state index in [-0.39, 0.29) is 5.91 Å². The molecule has 0 spiro atoms. The third-order valence-electron chi connectivity index (χ3n) is 2.87. The van der Waals surface area contributed by atoms with Crippen LogP contribution in [0.3, 0.4) is 0 Å². The summed E-state index contributed by atoms with van der Waals surface area (Å²) in [5.74, 6) is 0.687. The maximum absolute atomic E-state index is 12.2. The SMILES string of the molecule is CCNc1ncnc2sc(C(=O)NCCOC)c(C)c12. The fraction of sp³-hybridized carbons (Fsp3) is 0.462. The number of carbonyl (C=O) groups is 1. The second-order valence-electron chi connectivity index (χ2n) is 4.24. The molecule has 2 N–H and O–H groups in total. The molecule has 0 aliphatic carbocycles. The third kappa shape index (κ3) is 2.88. The van der Waals surface area contributed by atoms with Crippen molar-refractivity contribution in [3.8, 4) is 0 Å². The second kappa shape index (κ2) is 6.62. The third-order valence-corrected chi connectivity index (χ3v) is 4.07.